The summed E-state index contributed by atoms with van der Waals surface area (Å²) in [5.41, 5.74) is 3.48. The van der Waals surface area contributed by atoms with E-state index < -0.39 is 15.7 Å². The van der Waals surface area contributed by atoms with Crippen LogP contribution in [0.2, 0.25) is 0 Å². The van der Waals surface area contributed by atoms with E-state index in [1.165, 1.54) is 35.9 Å². The summed E-state index contributed by atoms with van der Waals surface area (Å²) < 4.78 is 27.9. The van der Waals surface area contributed by atoms with Gasteiger partial charge in [-0.05, 0) is 66.9 Å². The van der Waals surface area contributed by atoms with Gasteiger partial charge < -0.3 is 15.3 Å². The van der Waals surface area contributed by atoms with Gasteiger partial charge in [0.25, 0.3) is 15.9 Å². The number of carbonyl (C=O) groups is 1. The molecule has 4 rings (SSSR count). The van der Waals surface area contributed by atoms with Crippen molar-refractivity contribution in [2.24, 2.45) is 0 Å². The summed E-state index contributed by atoms with van der Waals surface area (Å²) in [6.07, 6.45) is 0.956. The molecule has 1 unspecified atom stereocenters. The Hall–Kier alpha value is -3.85. The van der Waals surface area contributed by atoms with E-state index in [2.05, 4.69) is 26.9 Å². The quantitative estimate of drug-likeness (QED) is 0.333. The van der Waals surface area contributed by atoms with Gasteiger partial charge >= 0.3 is 5.69 Å². The molecule has 1 aromatic heterocycles. The standard InChI is InChI=1S/C24H24N4O4S/c1-3-16-4-6-17(7-5-16)15(2)25-23(29)18-8-10-19(11-9-18)28-33(31,32)20-12-13-21-22(14-20)27-24(30)26-21/h4-15,28H,3H2,1-2H3,(H,25,29)(H2,26,27,30). The van der Waals surface area contributed by atoms with E-state index in [0.717, 1.165) is 12.0 Å². The molecule has 0 saturated heterocycles. The number of amides is 1. The summed E-state index contributed by atoms with van der Waals surface area (Å²) in [5, 5.41) is 2.95. The highest BCUT2D eigenvalue weighted by Crippen LogP contribution is 2.20. The van der Waals surface area contributed by atoms with Crippen LogP contribution in [0.15, 0.2) is 76.4 Å². The van der Waals surface area contributed by atoms with Crippen LogP contribution < -0.4 is 15.7 Å². The average molecular weight is 465 g/mol. The number of anilines is 1. The first-order valence-electron chi connectivity index (χ1n) is 10.5. The second-order valence-electron chi connectivity index (χ2n) is 7.76. The van der Waals surface area contributed by atoms with Gasteiger partial charge in [0.1, 0.15) is 0 Å². The summed E-state index contributed by atoms with van der Waals surface area (Å²) >= 11 is 0. The van der Waals surface area contributed by atoms with Crippen LogP contribution in [0, 0.1) is 0 Å². The van der Waals surface area contributed by atoms with Crippen LogP contribution >= 0.6 is 0 Å². The zero-order valence-corrected chi connectivity index (χ0v) is 19.0. The minimum atomic E-state index is -3.88. The maximum atomic E-state index is 12.7. The second kappa shape index (κ2) is 8.95. The normalized spacial score (nSPS) is 12.4. The van der Waals surface area contributed by atoms with Crippen molar-refractivity contribution in [3.05, 3.63) is 93.9 Å². The van der Waals surface area contributed by atoms with Gasteiger partial charge in [0.15, 0.2) is 0 Å². The molecule has 0 bridgehead atoms. The molecule has 0 radical (unpaired) electrons. The molecule has 1 heterocycles. The largest absolute Gasteiger partial charge is 0.346 e. The summed E-state index contributed by atoms with van der Waals surface area (Å²) in [6.45, 7) is 4.00. The maximum Gasteiger partial charge on any atom is 0.323 e. The third-order valence-corrected chi connectivity index (χ3v) is 6.81. The molecule has 1 amide bonds. The van der Waals surface area contributed by atoms with E-state index in [0.29, 0.717) is 22.3 Å². The zero-order valence-electron chi connectivity index (χ0n) is 18.2. The lowest BCUT2D eigenvalue weighted by molar-refractivity contribution is 0.0940. The van der Waals surface area contributed by atoms with Gasteiger partial charge in [-0.1, -0.05) is 31.2 Å². The fourth-order valence-corrected chi connectivity index (χ4v) is 4.57. The lowest BCUT2D eigenvalue weighted by Crippen LogP contribution is -2.26. The number of hydrogen-bond donors (Lipinski definition) is 4. The fraction of sp³-hybridized carbons (Fsp3) is 0.167. The first kappa shape index (κ1) is 22.3. The van der Waals surface area contributed by atoms with Crippen molar-refractivity contribution in [2.45, 2.75) is 31.2 Å². The molecule has 4 N–H and O–H groups in total. The Kier molecular flexibility index (Phi) is 6.06. The van der Waals surface area contributed by atoms with Crippen LogP contribution in [0.4, 0.5) is 5.69 Å². The Labute approximate surface area is 191 Å². The molecule has 8 nitrogen and oxygen atoms in total. The summed E-state index contributed by atoms with van der Waals surface area (Å²) in [4.78, 5) is 29.1. The van der Waals surface area contributed by atoms with Crippen molar-refractivity contribution >= 4 is 32.7 Å². The highest BCUT2D eigenvalue weighted by molar-refractivity contribution is 7.92. The van der Waals surface area contributed by atoms with Crippen molar-refractivity contribution in [1.82, 2.24) is 15.3 Å². The van der Waals surface area contributed by atoms with Crippen LogP contribution in [0.3, 0.4) is 0 Å². The SMILES string of the molecule is CCc1ccc(C(C)NC(=O)c2ccc(NS(=O)(=O)c3ccc4[nH]c(=O)[nH]c4c3)cc2)cc1. The van der Waals surface area contributed by atoms with Crippen LogP contribution in [0.1, 0.15) is 41.4 Å². The van der Waals surface area contributed by atoms with Gasteiger partial charge in [-0.2, -0.15) is 0 Å². The number of rotatable bonds is 7. The molecule has 9 heteroatoms. The predicted octanol–water partition coefficient (Wildman–Crippen LogP) is 3.71. The zero-order chi connectivity index (χ0) is 23.6. The molecule has 0 aliphatic carbocycles. The van der Waals surface area contributed by atoms with E-state index in [1.54, 1.807) is 12.1 Å². The van der Waals surface area contributed by atoms with E-state index in [-0.39, 0.29) is 16.8 Å². The molecule has 0 fully saturated rings. The number of nitrogens with one attached hydrogen (secondary N) is 4. The molecule has 1 atom stereocenters. The van der Waals surface area contributed by atoms with Crippen LogP contribution in [0.25, 0.3) is 11.0 Å². The second-order valence-corrected chi connectivity index (χ2v) is 9.44. The number of hydrogen-bond acceptors (Lipinski definition) is 4. The van der Waals surface area contributed by atoms with Gasteiger partial charge in [0.2, 0.25) is 0 Å². The van der Waals surface area contributed by atoms with E-state index in [4.69, 9.17) is 0 Å². The van der Waals surface area contributed by atoms with Gasteiger partial charge in [-0.3, -0.25) is 9.52 Å². The van der Waals surface area contributed by atoms with Gasteiger partial charge in [0, 0.05) is 11.3 Å². The molecule has 0 spiro atoms. The maximum absolute atomic E-state index is 12.7. The smallest absolute Gasteiger partial charge is 0.323 e. The number of aryl methyl sites for hydroxylation is 1. The summed E-state index contributed by atoms with van der Waals surface area (Å²) in [7, 11) is -3.88. The number of H-pyrrole nitrogens is 2. The van der Waals surface area contributed by atoms with E-state index in [1.807, 2.05) is 31.2 Å². The Balaban J connectivity index is 1.44. The number of benzene rings is 3. The number of aromatic nitrogens is 2. The van der Waals surface area contributed by atoms with Gasteiger partial charge in [-0.15, -0.1) is 0 Å². The Morgan fingerprint density at radius 3 is 2.27 bits per heavy atom. The molecule has 0 aliphatic rings. The number of sulfonamides is 1. The molecular formula is C24H24N4O4S. The van der Waals surface area contributed by atoms with Crippen LogP contribution in [-0.2, 0) is 16.4 Å². The molecular weight excluding hydrogens is 440 g/mol. The minimum Gasteiger partial charge on any atom is -0.346 e. The topological polar surface area (TPSA) is 124 Å². The van der Waals surface area contributed by atoms with Crippen molar-refractivity contribution in [3.8, 4) is 0 Å². The Morgan fingerprint density at radius 1 is 0.939 bits per heavy atom. The lowest BCUT2D eigenvalue weighted by atomic mass is 10.0. The van der Waals surface area contributed by atoms with Crippen LogP contribution in [0.5, 0.6) is 0 Å². The van der Waals surface area contributed by atoms with Crippen molar-refractivity contribution in [3.63, 3.8) is 0 Å². The van der Waals surface area contributed by atoms with Gasteiger partial charge in [-0.25, -0.2) is 13.2 Å². The third-order valence-electron chi connectivity index (χ3n) is 5.43. The van der Waals surface area contributed by atoms with Crippen molar-refractivity contribution in [1.29, 1.82) is 0 Å². The average Bonchev–Trinajstić information content (AvgIpc) is 3.18. The summed E-state index contributed by atoms with van der Waals surface area (Å²) in [5.74, 6) is -0.252. The molecule has 0 aliphatic heterocycles. The van der Waals surface area contributed by atoms with E-state index in [9.17, 15) is 18.0 Å². The Morgan fingerprint density at radius 2 is 1.61 bits per heavy atom. The lowest BCUT2D eigenvalue weighted by Gasteiger charge is -2.15. The number of imidazole rings is 1. The first-order chi connectivity index (χ1) is 15.7. The van der Waals surface area contributed by atoms with Crippen molar-refractivity contribution in [2.75, 3.05) is 4.72 Å². The number of aromatic amines is 2. The van der Waals surface area contributed by atoms with Crippen molar-refractivity contribution < 1.29 is 13.2 Å². The molecule has 4 aromatic rings. The first-order valence-corrected chi connectivity index (χ1v) is 12.0. The van der Waals surface area contributed by atoms with Crippen LogP contribution in [-0.4, -0.2) is 24.3 Å². The number of fused-ring (bicyclic) bond motifs is 1. The predicted molar refractivity (Wildman–Crippen MR) is 128 cm³/mol. The summed E-state index contributed by atoms with van der Waals surface area (Å²) in [6, 6.07) is 18.4. The monoisotopic (exact) mass is 464 g/mol. The molecule has 0 saturated carbocycles. The molecule has 170 valence electrons. The minimum absolute atomic E-state index is 0.00925. The Bertz CT molecular complexity index is 1450. The molecule has 33 heavy (non-hydrogen) atoms. The fourth-order valence-electron chi connectivity index (χ4n) is 3.49. The third kappa shape index (κ3) is 4.98. The highest BCUT2D eigenvalue weighted by Gasteiger charge is 2.16. The highest BCUT2D eigenvalue weighted by atomic mass is 32.2. The van der Waals surface area contributed by atoms with Gasteiger partial charge in [0.05, 0.1) is 22.0 Å². The van der Waals surface area contributed by atoms with E-state index >= 15 is 0 Å². The molecule has 3 aromatic carbocycles. The number of carbonyl (C=O) groups excluding carboxylic acids is 1.